The third-order valence-corrected chi connectivity index (χ3v) is 4.17. The van der Waals surface area contributed by atoms with Crippen LogP contribution < -0.4 is 10.6 Å². The molecule has 0 unspecified atom stereocenters. The molecule has 2 aromatic rings. The quantitative estimate of drug-likeness (QED) is 0.873. The number of nitrogen functional groups attached to an aromatic ring is 1. The Balaban J connectivity index is 1.87. The molecule has 0 saturated carbocycles. The van der Waals surface area contributed by atoms with E-state index < -0.39 is 0 Å². The highest BCUT2D eigenvalue weighted by Crippen LogP contribution is 2.27. The molecule has 7 heteroatoms. The Morgan fingerprint density at radius 2 is 2.30 bits per heavy atom. The molecule has 0 radical (unpaired) electrons. The van der Waals surface area contributed by atoms with Gasteiger partial charge in [-0.3, -0.25) is 0 Å². The molecule has 1 saturated heterocycles. The molecule has 124 valence electrons. The van der Waals surface area contributed by atoms with E-state index in [-0.39, 0.29) is 0 Å². The zero-order chi connectivity index (χ0) is 16.2. The largest absolute Gasteiger partial charge is 0.381 e. The van der Waals surface area contributed by atoms with Crippen molar-refractivity contribution in [2.45, 2.75) is 32.2 Å². The van der Waals surface area contributed by atoms with Crippen molar-refractivity contribution in [1.29, 1.82) is 0 Å². The fraction of sp³-hybridized carbons (Fsp3) is 0.562. The number of imidazole rings is 1. The second-order valence-electron chi connectivity index (χ2n) is 5.95. The van der Waals surface area contributed by atoms with Gasteiger partial charge in [0.1, 0.15) is 11.6 Å². The minimum atomic E-state index is 0.315. The Labute approximate surface area is 136 Å². The monoisotopic (exact) mass is 316 g/mol. The summed E-state index contributed by atoms with van der Waals surface area (Å²) >= 11 is 0. The van der Waals surface area contributed by atoms with E-state index in [1.165, 1.54) is 0 Å². The highest BCUT2D eigenvalue weighted by molar-refractivity contribution is 5.44. The predicted octanol–water partition coefficient (Wildman–Crippen LogP) is 1.71. The second kappa shape index (κ2) is 6.95. The van der Waals surface area contributed by atoms with E-state index in [9.17, 15) is 0 Å². The standard InChI is InChI=1S/C16H24N6O/c1-3-6-22(10-15-18-5-7-21(15)2)14-9-13(19-16(17)20-14)12-4-8-23-11-12/h5,7,9,12H,3-4,6,8,10-11H2,1-2H3,(H2,17,19,20)/t12-/m0/s1. The van der Waals surface area contributed by atoms with Crippen LogP contribution in [0.3, 0.4) is 0 Å². The van der Waals surface area contributed by atoms with Crippen molar-refractivity contribution in [2.75, 3.05) is 30.4 Å². The van der Waals surface area contributed by atoms with Gasteiger partial charge in [0, 0.05) is 44.6 Å². The van der Waals surface area contributed by atoms with Crippen LogP contribution in [0.4, 0.5) is 11.8 Å². The van der Waals surface area contributed by atoms with Crippen LogP contribution in [0.25, 0.3) is 0 Å². The molecule has 1 atom stereocenters. The van der Waals surface area contributed by atoms with Crippen LogP contribution in [0.2, 0.25) is 0 Å². The van der Waals surface area contributed by atoms with E-state index in [2.05, 4.69) is 26.8 Å². The van der Waals surface area contributed by atoms with Crippen LogP contribution >= 0.6 is 0 Å². The summed E-state index contributed by atoms with van der Waals surface area (Å²) in [7, 11) is 2.00. The molecule has 3 rings (SSSR count). The van der Waals surface area contributed by atoms with Crippen molar-refractivity contribution in [3.63, 3.8) is 0 Å². The first kappa shape index (κ1) is 15.7. The lowest BCUT2D eigenvalue weighted by Gasteiger charge is -2.24. The van der Waals surface area contributed by atoms with Gasteiger partial charge in [0.25, 0.3) is 0 Å². The zero-order valence-corrected chi connectivity index (χ0v) is 13.8. The summed E-state index contributed by atoms with van der Waals surface area (Å²) in [5, 5.41) is 0. The van der Waals surface area contributed by atoms with E-state index >= 15 is 0 Å². The molecule has 23 heavy (non-hydrogen) atoms. The molecular weight excluding hydrogens is 292 g/mol. The first-order valence-corrected chi connectivity index (χ1v) is 8.10. The van der Waals surface area contributed by atoms with Crippen molar-refractivity contribution >= 4 is 11.8 Å². The molecule has 3 heterocycles. The van der Waals surface area contributed by atoms with E-state index in [0.29, 0.717) is 25.0 Å². The number of hydrogen-bond acceptors (Lipinski definition) is 6. The molecule has 0 aromatic carbocycles. The minimum absolute atomic E-state index is 0.315. The molecule has 1 fully saturated rings. The third kappa shape index (κ3) is 3.61. The molecule has 0 bridgehead atoms. The Morgan fingerprint density at radius 3 is 2.96 bits per heavy atom. The average molecular weight is 316 g/mol. The van der Waals surface area contributed by atoms with Crippen molar-refractivity contribution in [1.82, 2.24) is 19.5 Å². The van der Waals surface area contributed by atoms with Gasteiger partial charge < -0.3 is 19.9 Å². The molecule has 1 aliphatic rings. The van der Waals surface area contributed by atoms with Gasteiger partial charge >= 0.3 is 0 Å². The molecule has 0 spiro atoms. The Morgan fingerprint density at radius 1 is 1.43 bits per heavy atom. The second-order valence-corrected chi connectivity index (χ2v) is 5.95. The summed E-state index contributed by atoms with van der Waals surface area (Å²) in [4.78, 5) is 15.5. The van der Waals surface area contributed by atoms with E-state index in [4.69, 9.17) is 10.5 Å². The summed E-state index contributed by atoms with van der Waals surface area (Å²) in [6.45, 7) is 5.25. The highest BCUT2D eigenvalue weighted by Gasteiger charge is 2.22. The molecule has 2 aromatic heterocycles. The van der Waals surface area contributed by atoms with Crippen molar-refractivity contribution in [3.05, 3.63) is 30.0 Å². The van der Waals surface area contributed by atoms with Gasteiger partial charge in [-0.05, 0) is 12.8 Å². The lowest BCUT2D eigenvalue weighted by Crippen LogP contribution is -2.27. The molecule has 2 N–H and O–H groups in total. The van der Waals surface area contributed by atoms with Gasteiger partial charge in [-0.15, -0.1) is 0 Å². The van der Waals surface area contributed by atoms with Crippen molar-refractivity contribution < 1.29 is 4.74 Å². The van der Waals surface area contributed by atoms with Gasteiger partial charge in [-0.1, -0.05) is 6.92 Å². The topological polar surface area (TPSA) is 82.1 Å². The Bertz CT molecular complexity index is 650. The number of nitrogens with zero attached hydrogens (tertiary/aromatic N) is 5. The fourth-order valence-corrected chi connectivity index (χ4v) is 2.87. The van der Waals surface area contributed by atoms with Gasteiger partial charge in [-0.2, -0.15) is 4.98 Å². The summed E-state index contributed by atoms with van der Waals surface area (Å²) in [6, 6.07) is 2.05. The number of hydrogen-bond donors (Lipinski definition) is 1. The average Bonchev–Trinajstić information content (AvgIpc) is 3.18. The molecular formula is C16H24N6O. The lowest BCUT2D eigenvalue weighted by atomic mass is 10.0. The predicted molar refractivity (Wildman–Crippen MR) is 89.2 cm³/mol. The minimum Gasteiger partial charge on any atom is -0.381 e. The first-order valence-electron chi connectivity index (χ1n) is 8.10. The first-order chi connectivity index (χ1) is 11.2. The van der Waals surface area contributed by atoms with Gasteiger partial charge in [0.05, 0.1) is 18.8 Å². The van der Waals surface area contributed by atoms with Crippen LogP contribution in [-0.4, -0.2) is 39.3 Å². The maximum Gasteiger partial charge on any atom is 0.222 e. The smallest absolute Gasteiger partial charge is 0.222 e. The van der Waals surface area contributed by atoms with Gasteiger partial charge in [-0.25, -0.2) is 9.97 Å². The fourth-order valence-electron chi connectivity index (χ4n) is 2.87. The summed E-state index contributed by atoms with van der Waals surface area (Å²) in [5.74, 6) is 2.51. The molecule has 1 aliphatic heterocycles. The highest BCUT2D eigenvalue weighted by atomic mass is 16.5. The summed E-state index contributed by atoms with van der Waals surface area (Å²) in [5.41, 5.74) is 6.93. The maximum absolute atomic E-state index is 5.95. The van der Waals surface area contributed by atoms with Crippen LogP contribution in [0, 0.1) is 0 Å². The number of nitrogens with two attached hydrogens (primary N) is 1. The SMILES string of the molecule is CCCN(Cc1nccn1C)c1cc([C@H]2CCOC2)nc(N)n1. The Hall–Kier alpha value is -2.15. The number of aryl methyl sites for hydroxylation is 1. The Kier molecular flexibility index (Phi) is 4.76. The number of anilines is 2. The molecule has 7 nitrogen and oxygen atoms in total. The summed E-state index contributed by atoms with van der Waals surface area (Å²) < 4.78 is 7.50. The normalized spacial score (nSPS) is 17.6. The van der Waals surface area contributed by atoms with Gasteiger partial charge in [0.2, 0.25) is 5.95 Å². The van der Waals surface area contributed by atoms with Crippen LogP contribution in [-0.2, 0) is 18.3 Å². The molecule has 0 amide bonds. The zero-order valence-electron chi connectivity index (χ0n) is 13.8. The van der Waals surface area contributed by atoms with Crippen LogP contribution in [0.15, 0.2) is 18.5 Å². The number of ether oxygens (including phenoxy) is 1. The number of aromatic nitrogens is 4. The maximum atomic E-state index is 5.95. The van der Waals surface area contributed by atoms with E-state index in [1.54, 1.807) is 0 Å². The summed E-state index contributed by atoms with van der Waals surface area (Å²) in [6.07, 6.45) is 5.78. The van der Waals surface area contributed by atoms with Crippen LogP contribution in [0.1, 0.15) is 37.2 Å². The molecule has 0 aliphatic carbocycles. The third-order valence-electron chi connectivity index (χ3n) is 4.17. The van der Waals surface area contributed by atoms with E-state index in [1.807, 2.05) is 30.1 Å². The van der Waals surface area contributed by atoms with Crippen molar-refractivity contribution in [3.8, 4) is 0 Å². The lowest BCUT2D eigenvalue weighted by molar-refractivity contribution is 0.193. The number of rotatable bonds is 6. The van der Waals surface area contributed by atoms with Gasteiger partial charge in [0.15, 0.2) is 0 Å². The van der Waals surface area contributed by atoms with E-state index in [0.717, 1.165) is 43.3 Å². The van der Waals surface area contributed by atoms with Crippen LogP contribution in [0.5, 0.6) is 0 Å². The van der Waals surface area contributed by atoms with Crippen molar-refractivity contribution in [2.24, 2.45) is 7.05 Å².